The molecule has 2 aromatic heterocycles. The van der Waals surface area contributed by atoms with Gasteiger partial charge in [-0.1, -0.05) is 0 Å². The first kappa shape index (κ1) is 22.6. The van der Waals surface area contributed by atoms with Gasteiger partial charge in [0.1, 0.15) is 23.1 Å². The van der Waals surface area contributed by atoms with Crippen LogP contribution in [-0.2, 0) is 33.0 Å². The average molecular weight is 498 g/mol. The minimum atomic E-state index is -3.67. The smallest absolute Gasteiger partial charge is 0.257 e. The molecule has 13 heteroatoms. The molecule has 1 aromatic carbocycles. The number of anilines is 1. The quantitative estimate of drug-likeness (QED) is 0.548. The molecule has 1 spiro atoms. The van der Waals surface area contributed by atoms with Crippen molar-refractivity contribution in [2.45, 2.75) is 18.4 Å². The number of aromatic nitrogens is 3. The summed E-state index contributed by atoms with van der Waals surface area (Å²) in [7, 11) is -3.67. The lowest BCUT2D eigenvalue weighted by atomic mass is 9.93. The van der Waals surface area contributed by atoms with Crippen molar-refractivity contribution in [2.24, 2.45) is 0 Å². The molecular formula is C22H16F2N6O4S. The number of hydrogen-bond acceptors (Lipinski definition) is 7. The summed E-state index contributed by atoms with van der Waals surface area (Å²) in [5.74, 6) is -4.28. The number of hydrogen-bond donors (Lipinski definition) is 2. The Balaban J connectivity index is 1.64. The minimum absolute atomic E-state index is 0.00763. The monoisotopic (exact) mass is 498 g/mol. The Hall–Kier alpha value is -4.18. The minimum Gasteiger partial charge on any atom is -0.340 e. The van der Waals surface area contributed by atoms with Crippen LogP contribution in [0.15, 0.2) is 30.5 Å². The summed E-state index contributed by atoms with van der Waals surface area (Å²) in [5.41, 5.74) is 0.368. The number of carbonyl (C=O) groups excluding carboxylic acids is 2. The fourth-order valence-corrected chi connectivity index (χ4v) is 5.05. The molecule has 2 amide bonds. The molecule has 1 aliphatic carbocycles. The lowest BCUT2D eigenvalue weighted by Gasteiger charge is -2.22. The molecule has 0 atom stereocenters. The van der Waals surface area contributed by atoms with Gasteiger partial charge in [0.25, 0.3) is 5.91 Å². The molecule has 0 unspecified atom stereocenters. The summed E-state index contributed by atoms with van der Waals surface area (Å²) in [6.45, 7) is 0. The van der Waals surface area contributed by atoms with Gasteiger partial charge in [0, 0.05) is 25.3 Å². The maximum atomic E-state index is 13.8. The Kier molecular flexibility index (Phi) is 4.95. The summed E-state index contributed by atoms with van der Waals surface area (Å²) < 4.78 is 52.1. The van der Waals surface area contributed by atoms with Gasteiger partial charge in [-0.25, -0.2) is 22.2 Å². The molecule has 0 bridgehead atoms. The van der Waals surface area contributed by atoms with Crippen LogP contribution < -0.4 is 10.6 Å². The van der Waals surface area contributed by atoms with Gasteiger partial charge in [-0.2, -0.15) is 15.0 Å². The molecule has 0 fully saturated rings. The third-order valence-electron chi connectivity index (χ3n) is 5.89. The number of carbonyl (C=O) groups is 2. The predicted octanol–water partition coefficient (Wildman–Crippen LogP) is 1.14. The topological polar surface area (TPSA) is 147 Å². The number of halogens is 2. The first-order chi connectivity index (χ1) is 16.5. The van der Waals surface area contributed by atoms with Crippen LogP contribution in [0, 0.1) is 23.0 Å². The largest absolute Gasteiger partial charge is 0.340 e. The van der Waals surface area contributed by atoms with E-state index in [4.69, 9.17) is 5.26 Å². The van der Waals surface area contributed by atoms with Gasteiger partial charge in [0.05, 0.1) is 11.1 Å². The molecule has 0 radical (unpaired) electrons. The van der Waals surface area contributed by atoms with Gasteiger partial charge in [-0.05, 0) is 35.4 Å². The SMILES string of the molecule is CS(=O)(=O)CC(=O)Nc1c2c(nn1-c1ccc(C#N)cn1)C1(Cc3cc(F)c(F)cc3C1)NC2=O. The fraction of sp³-hybridized carbons (Fsp3) is 0.227. The van der Waals surface area contributed by atoms with Gasteiger partial charge < -0.3 is 10.6 Å². The molecule has 178 valence electrons. The van der Waals surface area contributed by atoms with E-state index in [2.05, 4.69) is 20.7 Å². The molecule has 2 N–H and O–H groups in total. The van der Waals surface area contributed by atoms with E-state index in [-0.39, 0.29) is 41.3 Å². The van der Waals surface area contributed by atoms with Gasteiger partial charge in [-0.15, -0.1) is 0 Å². The Bertz CT molecular complexity index is 1540. The van der Waals surface area contributed by atoms with E-state index < -0.39 is 44.6 Å². The van der Waals surface area contributed by atoms with Gasteiger partial charge in [0.2, 0.25) is 5.91 Å². The van der Waals surface area contributed by atoms with Crippen LogP contribution in [0.2, 0.25) is 0 Å². The van der Waals surface area contributed by atoms with Crippen molar-refractivity contribution in [2.75, 3.05) is 17.3 Å². The molecule has 3 heterocycles. The second kappa shape index (κ2) is 7.67. The van der Waals surface area contributed by atoms with Gasteiger partial charge >= 0.3 is 0 Å². The standard InChI is InChI=1S/C22H16F2N6O4S/c1-35(33,34)10-17(31)27-20-18-19(29-30(20)16-3-2-11(8-25)9-26-16)22(28-21(18)32)6-12-4-14(23)15(24)5-13(12)7-22/h2-5,9H,6-7,10H2,1H3,(H,27,31)(H,28,32). The van der Waals surface area contributed by atoms with E-state index in [0.29, 0.717) is 11.1 Å². The van der Waals surface area contributed by atoms with Gasteiger partial charge in [0.15, 0.2) is 33.1 Å². The van der Waals surface area contributed by atoms with Crippen LogP contribution >= 0.6 is 0 Å². The Morgan fingerprint density at radius 1 is 1.26 bits per heavy atom. The highest BCUT2D eigenvalue weighted by atomic mass is 32.2. The second-order valence-corrected chi connectivity index (χ2v) is 10.7. The molecule has 0 saturated heterocycles. The maximum Gasteiger partial charge on any atom is 0.257 e. The van der Waals surface area contributed by atoms with Crippen LogP contribution in [0.25, 0.3) is 5.82 Å². The molecular weight excluding hydrogens is 482 g/mol. The normalized spacial score (nSPS) is 15.4. The van der Waals surface area contributed by atoms with E-state index in [1.807, 2.05) is 6.07 Å². The maximum absolute atomic E-state index is 13.8. The number of fused-ring (bicyclic) bond motifs is 3. The van der Waals surface area contributed by atoms with Crippen molar-refractivity contribution < 1.29 is 26.8 Å². The van der Waals surface area contributed by atoms with Crippen LogP contribution in [0.1, 0.15) is 32.7 Å². The molecule has 5 rings (SSSR count). The third-order valence-corrected chi connectivity index (χ3v) is 6.68. The average Bonchev–Trinajstić information content (AvgIpc) is 3.39. The van der Waals surface area contributed by atoms with Crippen molar-refractivity contribution in [3.8, 4) is 11.9 Å². The number of benzene rings is 1. The highest BCUT2D eigenvalue weighted by Crippen LogP contribution is 2.45. The van der Waals surface area contributed by atoms with E-state index in [1.54, 1.807) is 0 Å². The van der Waals surface area contributed by atoms with Crippen molar-refractivity contribution in [3.05, 3.63) is 70.0 Å². The van der Waals surface area contributed by atoms with E-state index >= 15 is 0 Å². The van der Waals surface area contributed by atoms with Gasteiger partial charge in [-0.3, -0.25) is 9.59 Å². The van der Waals surface area contributed by atoms with Crippen LogP contribution in [0.5, 0.6) is 0 Å². The fourth-order valence-electron chi connectivity index (χ4n) is 4.50. The van der Waals surface area contributed by atoms with Crippen LogP contribution in [0.4, 0.5) is 14.6 Å². The lowest BCUT2D eigenvalue weighted by Crippen LogP contribution is -2.41. The Morgan fingerprint density at radius 2 is 1.91 bits per heavy atom. The zero-order chi connectivity index (χ0) is 25.1. The van der Waals surface area contributed by atoms with Crippen molar-refractivity contribution >= 4 is 27.5 Å². The number of amides is 2. The Labute approximate surface area is 197 Å². The highest BCUT2D eigenvalue weighted by Gasteiger charge is 2.51. The van der Waals surface area contributed by atoms with E-state index in [9.17, 15) is 26.8 Å². The molecule has 0 saturated carbocycles. The molecule has 10 nitrogen and oxygen atoms in total. The molecule has 35 heavy (non-hydrogen) atoms. The number of nitriles is 1. The summed E-state index contributed by atoms with van der Waals surface area (Å²) in [6.07, 6.45) is 2.43. The number of pyridine rings is 1. The van der Waals surface area contributed by atoms with Crippen molar-refractivity contribution in [1.82, 2.24) is 20.1 Å². The Morgan fingerprint density at radius 3 is 2.46 bits per heavy atom. The van der Waals surface area contributed by atoms with E-state index in [1.165, 1.54) is 23.0 Å². The molecule has 1 aliphatic heterocycles. The number of nitrogens with zero attached hydrogens (tertiary/aromatic N) is 4. The summed E-state index contributed by atoms with van der Waals surface area (Å²) in [6, 6.07) is 7.00. The van der Waals surface area contributed by atoms with Crippen LogP contribution in [0.3, 0.4) is 0 Å². The van der Waals surface area contributed by atoms with Crippen molar-refractivity contribution in [1.29, 1.82) is 5.26 Å². The number of rotatable bonds is 4. The predicted molar refractivity (Wildman–Crippen MR) is 117 cm³/mol. The number of sulfone groups is 1. The van der Waals surface area contributed by atoms with Crippen LogP contribution in [-0.4, -0.2) is 47.0 Å². The molecule has 3 aromatic rings. The summed E-state index contributed by atoms with van der Waals surface area (Å²) in [5, 5.41) is 18.8. The zero-order valence-electron chi connectivity index (χ0n) is 18.1. The first-order valence-electron chi connectivity index (χ1n) is 10.3. The third kappa shape index (κ3) is 3.81. The zero-order valence-corrected chi connectivity index (χ0v) is 18.9. The highest BCUT2D eigenvalue weighted by molar-refractivity contribution is 7.91. The first-order valence-corrected chi connectivity index (χ1v) is 12.3. The summed E-state index contributed by atoms with van der Waals surface area (Å²) >= 11 is 0. The molecule has 2 aliphatic rings. The summed E-state index contributed by atoms with van der Waals surface area (Å²) in [4.78, 5) is 29.7. The second-order valence-electron chi connectivity index (χ2n) is 8.54. The van der Waals surface area contributed by atoms with E-state index in [0.717, 1.165) is 18.4 Å². The number of nitrogens with one attached hydrogen (secondary N) is 2. The van der Waals surface area contributed by atoms with Crippen molar-refractivity contribution in [3.63, 3.8) is 0 Å². The lowest BCUT2D eigenvalue weighted by molar-refractivity contribution is -0.113.